The third kappa shape index (κ3) is 4.03. The van der Waals surface area contributed by atoms with Crippen LogP contribution in [0, 0.1) is 20.8 Å². The summed E-state index contributed by atoms with van der Waals surface area (Å²) in [6.45, 7) is 5.90. The largest absolute Gasteiger partial charge is 0.496 e. The fraction of sp³-hybridized carbons (Fsp3) is 0.316. The number of hydrogen-bond donors (Lipinski definition) is 1. The first-order chi connectivity index (χ1) is 10.9. The van der Waals surface area contributed by atoms with Crippen molar-refractivity contribution in [2.45, 2.75) is 33.3 Å². The zero-order chi connectivity index (χ0) is 17.0. The lowest BCUT2D eigenvalue weighted by atomic mass is 10.0. The van der Waals surface area contributed by atoms with Gasteiger partial charge in [0.05, 0.1) is 7.11 Å². The Bertz CT molecular complexity index is 707. The Morgan fingerprint density at radius 1 is 1.13 bits per heavy atom. The van der Waals surface area contributed by atoms with Gasteiger partial charge in [0, 0.05) is 6.42 Å². The lowest BCUT2D eigenvalue weighted by Gasteiger charge is -2.19. The van der Waals surface area contributed by atoms with Crippen molar-refractivity contribution in [3.8, 4) is 11.5 Å². The molecule has 2 aromatic rings. The van der Waals surface area contributed by atoms with Crippen molar-refractivity contribution in [2.24, 2.45) is 0 Å². The number of benzene rings is 2. The first-order valence-corrected chi connectivity index (χ1v) is 7.51. The number of ether oxygens (including phenoxy) is 2. The topological polar surface area (TPSA) is 55.8 Å². The molecule has 0 fully saturated rings. The van der Waals surface area contributed by atoms with E-state index in [0.717, 1.165) is 22.3 Å². The number of para-hydroxylation sites is 1. The van der Waals surface area contributed by atoms with Gasteiger partial charge in [-0.25, -0.2) is 4.79 Å². The molecule has 0 radical (unpaired) electrons. The highest BCUT2D eigenvalue weighted by Gasteiger charge is 2.23. The predicted octanol–water partition coefficient (Wildman–Crippen LogP) is 3.70. The number of rotatable bonds is 6. The molecule has 2 rings (SSSR count). The quantitative estimate of drug-likeness (QED) is 0.883. The Balaban J connectivity index is 2.28. The molecule has 23 heavy (non-hydrogen) atoms. The summed E-state index contributed by atoms with van der Waals surface area (Å²) < 4.78 is 11.1. The first-order valence-electron chi connectivity index (χ1n) is 7.51. The molecule has 0 aliphatic heterocycles. The maximum Gasteiger partial charge on any atom is 0.345 e. The lowest BCUT2D eigenvalue weighted by Crippen LogP contribution is -2.30. The number of carboxylic acid groups (broad SMARTS) is 1. The summed E-state index contributed by atoms with van der Waals surface area (Å²) in [5.74, 6) is 0.291. The van der Waals surface area contributed by atoms with Crippen LogP contribution in [0.2, 0.25) is 0 Å². The highest BCUT2D eigenvalue weighted by molar-refractivity contribution is 5.73. The zero-order valence-electron chi connectivity index (χ0n) is 13.9. The SMILES string of the molecule is COc1ccccc1CC(Oc1cc(C)cc(C)c1C)C(=O)O. The van der Waals surface area contributed by atoms with E-state index in [4.69, 9.17) is 9.47 Å². The first kappa shape index (κ1) is 16.9. The van der Waals surface area contributed by atoms with Crippen LogP contribution in [0.25, 0.3) is 0 Å². The van der Waals surface area contributed by atoms with Crippen LogP contribution in [-0.4, -0.2) is 24.3 Å². The maximum absolute atomic E-state index is 11.6. The summed E-state index contributed by atoms with van der Waals surface area (Å²) in [5, 5.41) is 9.52. The van der Waals surface area contributed by atoms with Crippen LogP contribution in [-0.2, 0) is 11.2 Å². The van der Waals surface area contributed by atoms with Crippen molar-refractivity contribution in [2.75, 3.05) is 7.11 Å². The predicted molar refractivity (Wildman–Crippen MR) is 89.4 cm³/mol. The second-order valence-electron chi connectivity index (χ2n) is 5.67. The van der Waals surface area contributed by atoms with Crippen LogP contribution in [0.15, 0.2) is 36.4 Å². The number of hydrogen-bond acceptors (Lipinski definition) is 3. The average Bonchev–Trinajstić information content (AvgIpc) is 2.51. The Hall–Kier alpha value is -2.49. The molecule has 0 spiro atoms. The monoisotopic (exact) mass is 314 g/mol. The van der Waals surface area contributed by atoms with Crippen molar-refractivity contribution in [1.29, 1.82) is 0 Å². The molecular formula is C19H22O4. The van der Waals surface area contributed by atoms with Crippen molar-refractivity contribution in [1.82, 2.24) is 0 Å². The van der Waals surface area contributed by atoms with Crippen molar-refractivity contribution in [3.63, 3.8) is 0 Å². The van der Waals surface area contributed by atoms with Gasteiger partial charge in [-0.1, -0.05) is 24.3 Å². The lowest BCUT2D eigenvalue weighted by molar-refractivity contribution is -0.145. The van der Waals surface area contributed by atoms with Crippen LogP contribution in [0.5, 0.6) is 11.5 Å². The fourth-order valence-corrected chi connectivity index (χ4v) is 2.53. The van der Waals surface area contributed by atoms with Gasteiger partial charge in [0.1, 0.15) is 11.5 Å². The second-order valence-corrected chi connectivity index (χ2v) is 5.67. The van der Waals surface area contributed by atoms with E-state index in [9.17, 15) is 9.90 Å². The zero-order valence-corrected chi connectivity index (χ0v) is 13.9. The molecular weight excluding hydrogens is 292 g/mol. The van der Waals surface area contributed by atoms with Gasteiger partial charge in [-0.3, -0.25) is 0 Å². The van der Waals surface area contributed by atoms with Crippen LogP contribution in [0.1, 0.15) is 22.3 Å². The molecule has 4 heteroatoms. The third-order valence-electron chi connectivity index (χ3n) is 3.91. The second kappa shape index (κ2) is 7.18. The van der Waals surface area contributed by atoms with E-state index in [2.05, 4.69) is 6.07 Å². The van der Waals surface area contributed by atoms with Gasteiger partial charge < -0.3 is 14.6 Å². The standard InChI is InChI=1S/C19H22O4/c1-12-9-13(2)14(3)17(10-12)23-18(19(20)21)11-15-7-5-6-8-16(15)22-4/h5-10,18H,11H2,1-4H3,(H,20,21). The molecule has 0 amide bonds. The molecule has 0 saturated heterocycles. The molecule has 1 atom stereocenters. The summed E-state index contributed by atoms with van der Waals surface area (Å²) in [5.41, 5.74) is 3.90. The van der Waals surface area contributed by atoms with Crippen LogP contribution < -0.4 is 9.47 Å². The molecule has 122 valence electrons. The molecule has 2 aromatic carbocycles. The van der Waals surface area contributed by atoms with E-state index in [1.165, 1.54) is 0 Å². The number of carbonyl (C=O) groups is 1. The summed E-state index contributed by atoms with van der Waals surface area (Å²) in [6, 6.07) is 11.3. The Kier molecular flexibility index (Phi) is 5.27. The molecule has 0 saturated carbocycles. The van der Waals surface area contributed by atoms with E-state index in [0.29, 0.717) is 11.5 Å². The Labute approximate surface area is 136 Å². The number of aryl methyl sites for hydroxylation is 2. The van der Waals surface area contributed by atoms with Gasteiger partial charge in [-0.15, -0.1) is 0 Å². The average molecular weight is 314 g/mol. The summed E-state index contributed by atoms with van der Waals surface area (Å²) in [6.07, 6.45) is -0.725. The minimum atomic E-state index is -0.991. The van der Waals surface area contributed by atoms with Gasteiger partial charge in [-0.05, 0) is 55.2 Å². The van der Waals surface area contributed by atoms with Crippen molar-refractivity contribution in [3.05, 3.63) is 58.7 Å². The molecule has 1 N–H and O–H groups in total. The number of carboxylic acids is 1. The van der Waals surface area contributed by atoms with Crippen LogP contribution in [0.4, 0.5) is 0 Å². The van der Waals surface area contributed by atoms with E-state index in [-0.39, 0.29) is 6.42 Å². The smallest absolute Gasteiger partial charge is 0.345 e. The minimum Gasteiger partial charge on any atom is -0.496 e. The highest BCUT2D eigenvalue weighted by atomic mass is 16.5. The van der Waals surface area contributed by atoms with E-state index in [1.807, 2.05) is 51.1 Å². The molecule has 0 bridgehead atoms. The Morgan fingerprint density at radius 2 is 1.83 bits per heavy atom. The van der Waals surface area contributed by atoms with Gasteiger partial charge in [0.15, 0.2) is 6.10 Å². The molecule has 0 aromatic heterocycles. The van der Waals surface area contributed by atoms with E-state index >= 15 is 0 Å². The van der Waals surface area contributed by atoms with E-state index in [1.54, 1.807) is 7.11 Å². The molecule has 0 heterocycles. The van der Waals surface area contributed by atoms with Gasteiger partial charge >= 0.3 is 5.97 Å². The van der Waals surface area contributed by atoms with Crippen molar-refractivity contribution < 1.29 is 19.4 Å². The molecule has 0 aliphatic carbocycles. The maximum atomic E-state index is 11.6. The highest BCUT2D eigenvalue weighted by Crippen LogP contribution is 2.26. The van der Waals surface area contributed by atoms with E-state index < -0.39 is 12.1 Å². The summed E-state index contributed by atoms with van der Waals surface area (Å²) >= 11 is 0. The van der Waals surface area contributed by atoms with Gasteiger partial charge in [-0.2, -0.15) is 0 Å². The van der Waals surface area contributed by atoms with Crippen LogP contribution >= 0.6 is 0 Å². The third-order valence-corrected chi connectivity index (χ3v) is 3.91. The van der Waals surface area contributed by atoms with Crippen molar-refractivity contribution >= 4 is 5.97 Å². The molecule has 4 nitrogen and oxygen atoms in total. The van der Waals surface area contributed by atoms with Crippen LogP contribution in [0.3, 0.4) is 0 Å². The molecule has 1 unspecified atom stereocenters. The molecule has 0 aliphatic rings. The number of methoxy groups -OCH3 is 1. The van der Waals surface area contributed by atoms with Gasteiger partial charge in [0.25, 0.3) is 0 Å². The van der Waals surface area contributed by atoms with Gasteiger partial charge in [0.2, 0.25) is 0 Å². The minimum absolute atomic E-state index is 0.242. The normalized spacial score (nSPS) is 11.8. The summed E-state index contributed by atoms with van der Waals surface area (Å²) in [4.78, 5) is 11.6. The summed E-state index contributed by atoms with van der Waals surface area (Å²) in [7, 11) is 1.57. The number of aliphatic carboxylic acids is 1. The Morgan fingerprint density at radius 3 is 2.48 bits per heavy atom. The fourth-order valence-electron chi connectivity index (χ4n) is 2.53.